The van der Waals surface area contributed by atoms with Crippen LogP contribution in [-0.4, -0.2) is 94.0 Å². The highest BCUT2D eigenvalue weighted by atomic mass is 32.2. The number of carboxylic acids is 1. The molecular formula is C17H34BN5O7S. The fourth-order valence-electron chi connectivity index (χ4n) is 4.06. The smallest absolute Gasteiger partial charge is 0.451 e. The number of carboxylic acid groups (broad SMARTS) is 1. The highest BCUT2D eigenvalue weighted by Crippen LogP contribution is 2.37. The van der Waals surface area contributed by atoms with Crippen molar-refractivity contribution in [1.82, 2.24) is 13.9 Å². The van der Waals surface area contributed by atoms with E-state index in [-0.39, 0.29) is 44.0 Å². The Morgan fingerprint density at radius 1 is 1.32 bits per heavy atom. The lowest BCUT2D eigenvalue weighted by Crippen LogP contribution is -2.62. The van der Waals surface area contributed by atoms with Gasteiger partial charge in [0.1, 0.15) is 11.6 Å². The fourth-order valence-corrected chi connectivity index (χ4v) is 6.19. The maximum atomic E-state index is 13.4. The number of carbonyl (C=O) groups is 2. The maximum Gasteiger partial charge on any atom is 0.451 e. The molecule has 2 rings (SSSR count). The summed E-state index contributed by atoms with van der Waals surface area (Å²) in [6.07, 6.45) is 1.16. The van der Waals surface area contributed by atoms with E-state index in [0.29, 0.717) is 12.8 Å². The summed E-state index contributed by atoms with van der Waals surface area (Å²) in [6, 6.07) is -2.11. The van der Waals surface area contributed by atoms with Crippen molar-refractivity contribution in [1.29, 1.82) is 0 Å². The molecule has 8 N–H and O–H groups in total. The van der Waals surface area contributed by atoms with Gasteiger partial charge in [0.05, 0.1) is 0 Å². The second kappa shape index (κ2) is 9.69. The summed E-state index contributed by atoms with van der Waals surface area (Å²) in [5.74, 6) is -2.63. The minimum Gasteiger partial charge on any atom is -0.480 e. The van der Waals surface area contributed by atoms with Crippen LogP contribution in [0.5, 0.6) is 0 Å². The minimum atomic E-state index is -3.98. The number of hydrogen-bond acceptors (Lipinski definition) is 8. The second-order valence-electron chi connectivity index (χ2n) is 8.87. The van der Waals surface area contributed by atoms with E-state index in [0.717, 1.165) is 4.31 Å². The van der Waals surface area contributed by atoms with Gasteiger partial charge in [0.25, 0.3) is 10.2 Å². The number of nitrogens with two attached hydrogens (primary N) is 2. The van der Waals surface area contributed by atoms with Crippen molar-refractivity contribution >= 4 is 29.2 Å². The van der Waals surface area contributed by atoms with Crippen LogP contribution in [0.1, 0.15) is 40.0 Å². The average molecular weight is 463 g/mol. The van der Waals surface area contributed by atoms with Crippen LogP contribution in [0, 0.1) is 5.92 Å². The summed E-state index contributed by atoms with van der Waals surface area (Å²) in [7, 11) is -5.51. The van der Waals surface area contributed by atoms with Crippen molar-refractivity contribution < 1.29 is 33.2 Å². The van der Waals surface area contributed by atoms with Gasteiger partial charge in [0.2, 0.25) is 5.91 Å². The largest absolute Gasteiger partial charge is 0.480 e. The van der Waals surface area contributed by atoms with E-state index in [2.05, 4.69) is 5.32 Å². The molecule has 1 amide bonds. The first-order valence-corrected chi connectivity index (χ1v) is 11.8. The lowest BCUT2D eigenvalue weighted by atomic mass is 9.78. The van der Waals surface area contributed by atoms with Gasteiger partial charge < -0.3 is 31.9 Å². The van der Waals surface area contributed by atoms with Gasteiger partial charge in [-0.25, -0.2) is 0 Å². The van der Waals surface area contributed by atoms with Crippen LogP contribution < -0.4 is 16.8 Å². The monoisotopic (exact) mass is 463 g/mol. The Balaban J connectivity index is 2.28. The third-order valence-electron chi connectivity index (χ3n) is 5.98. The molecule has 5 atom stereocenters. The Hall–Kier alpha value is -1.29. The summed E-state index contributed by atoms with van der Waals surface area (Å²) in [6.45, 7) is 4.43. The van der Waals surface area contributed by atoms with E-state index in [9.17, 15) is 18.0 Å². The summed E-state index contributed by atoms with van der Waals surface area (Å²) >= 11 is 0. The standard InChI is InChI=1S/C17H34BN5O7S/c1-10(2)23(14-7-13(14)19)31(29,30)22-8-12(5-4-6-18(27)28)17(20,9-22)16(26)21-11(3)15(24)25/h10-14,27-28H,4-9,19-20H2,1-3H3,(H,21,26)(H,24,25)/t11-,12-,13+,14+,17-/m0/s1. The minimum absolute atomic E-state index is 0.0413. The van der Waals surface area contributed by atoms with E-state index in [1.807, 2.05) is 0 Å². The molecule has 0 spiro atoms. The third kappa shape index (κ3) is 5.75. The van der Waals surface area contributed by atoms with Crippen molar-refractivity contribution in [2.45, 2.75) is 76.1 Å². The van der Waals surface area contributed by atoms with Crippen molar-refractivity contribution in [2.75, 3.05) is 13.1 Å². The molecule has 0 aromatic carbocycles. The molecule has 178 valence electrons. The molecule has 0 aromatic rings. The van der Waals surface area contributed by atoms with Crippen molar-refractivity contribution in [3.8, 4) is 0 Å². The first-order chi connectivity index (χ1) is 14.2. The number of rotatable bonds is 11. The Morgan fingerprint density at radius 3 is 2.35 bits per heavy atom. The predicted molar refractivity (Wildman–Crippen MR) is 114 cm³/mol. The van der Waals surface area contributed by atoms with Crippen LogP contribution in [0.25, 0.3) is 0 Å². The van der Waals surface area contributed by atoms with Crippen LogP contribution in [0.15, 0.2) is 0 Å². The van der Waals surface area contributed by atoms with Crippen LogP contribution in [-0.2, 0) is 19.8 Å². The van der Waals surface area contributed by atoms with Crippen LogP contribution in [0.4, 0.5) is 0 Å². The zero-order valence-corrected chi connectivity index (χ0v) is 19.0. The SMILES string of the molecule is CC(C)N([C@@H]1C[C@H]1N)S(=O)(=O)N1C[C@H](CCCB(O)O)[C@](N)(C(=O)N[C@@H](C)C(=O)O)C1. The van der Waals surface area contributed by atoms with Crippen LogP contribution in [0.3, 0.4) is 0 Å². The van der Waals surface area contributed by atoms with Gasteiger partial charge >= 0.3 is 13.1 Å². The predicted octanol–water partition coefficient (Wildman–Crippen LogP) is -2.49. The highest BCUT2D eigenvalue weighted by molar-refractivity contribution is 7.86. The van der Waals surface area contributed by atoms with Crippen LogP contribution >= 0.6 is 0 Å². The lowest BCUT2D eigenvalue weighted by Gasteiger charge is -2.32. The average Bonchev–Trinajstić information content (AvgIpc) is 3.21. The zero-order chi connectivity index (χ0) is 23.7. The van der Waals surface area contributed by atoms with E-state index in [1.165, 1.54) is 11.2 Å². The molecule has 2 fully saturated rings. The Labute approximate surface area is 183 Å². The van der Waals surface area contributed by atoms with Gasteiger partial charge in [-0.3, -0.25) is 9.59 Å². The number of nitrogens with one attached hydrogen (secondary N) is 1. The quantitative estimate of drug-likeness (QED) is 0.179. The van der Waals surface area contributed by atoms with Crippen molar-refractivity contribution in [3.05, 3.63) is 0 Å². The molecule has 0 unspecified atom stereocenters. The molecule has 14 heteroatoms. The lowest BCUT2D eigenvalue weighted by molar-refractivity contribution is -0.142. The number of carbonyl (C=O) groups excluding carboxylic acids is 1. The molecule has 2 aliphatic rings. The van der Waals surface area contributed by atoms with E-state index >= 15 is 0 Å². The molecular weight excluding hydrogens is 429 g/mol. The summed E-state index contributed by atoms with van der Waals surface area (Å²) < 4.78 is 29.3. The summed E-state index contributed by atoms with van der Waals surface area (Å²) in [5.41, 5.74) is 10.6. The Morgan fingerprint density at radius 2 is 1.90 bits per heavy atom. The van der Waals surface area contributed by atoms with Gasteiger partial charge in [0, 0.05) is 37.1 Å². The number of nitrogens with zero attached hydrogens (tertiary/aromatic N) is 2. The van der Waals surface area contributed by atoms with Gasteiger partial charge in [-0.1, -0.05) is 6.42 Å². The summed E-state index contributed by atoms with van der Waals surface area (Å²) in [4.78, 5) is 24.1. The molecule has 1 aliphatic heterocycles. The molecule has 1 saturated carbocycles. The van der Waals surface area contributed by atoms with E-state index in [4.69, 9.17) is 26.6 Å². The number of hydrogen-bond donors (Lipinski definition) is 6. The molecule has 12 nitrogen and oxygen atoms in total. The van der Waals surface area contributed by atoms with E-state index < -0.39 is 46.7 Å². The summed E-state index contributed by atoms with van der Waals surface area (Å²) in [5, 5.41) is 29.7. The van der Waals surface area contributed by atoms with Gasteiger partial charge in [-0.05, 0) is 39.9 Å². The number of amides is 1. The molecule has 0 aromatic heterocycles. The molecule has 31 heavy (non-hydrogen) atoms. The number of aliphatic carboxylic acids is 1. The topological polar surface area (TPSA) is 200 Å². The first kappa shape index (κ1) is 26.0. The fraction of sp³-hybridized carbons (Fsp3) is 0.882. The molecule has 1 heterocycles. The van der Waals surface area contributed by atoms with Gasteiger partial charge in [-0.2, -0.15) is 17.0 Å². The maximum absolute atomic E-state index is 13.4. The van der Waals surface area contributed by atoms with Gasteiger partial charge in [-0.15, -0.1) is 0 Å². The van der Waals surface area contributed by atoms with Crippen LogP contribution in [0.2, 0.25) is 6.32 Å². The van der Waals surface area contributed by atoms with Crippen molar-refractivity contribution in [2.24, 2.45) is 17.4 Å². The molecule has 1 aliphatic carbocycles. The molecule has 0 radical (unpaired) electrons. The van der Waals surface area contributed by atoms with Crippen molar-refractivity contribution in [3.63, 3.8) is 0 Å². The Kier molecular flexibility index (Phi) is 8.12. The molecule has 0 bridgehead atoms. The first-order valence-electron chi connectivity index (χ1n) is 10.4. The zero-order valence-electron chi connectivity index (χ0n) is 18.1. The highest BCUT2D eigenvalue weighted by Gasteiger charge is 2.55. The molecule has 1 saturated heterocycles. The van der Waals surface area contributed by atoms with Gasteiger partial charge in [0.15, 0.2) is 0 Å². The Bertz CT molecular complexity index is 783. The second-order valence-corrected chi connectivity index (χ2v) is 10.7. The third-order valence-corrected chi connectivity index (χ3v) is 8.14. The normalized spacial score (nSPS) is 29.9. The van der Waals surface area contributed by atoms with E-state index in [1.54, 1.807) is 13.8 Å².